The Morgan fingerprint density at radius 2 is 2.57 bits per heavy atom. The molecule has 2 nitrogen and oxygen atoms in total. The third kappa shape index (κ3) is 1.65. The third-order valence-electron chi connectivity index (χ3n) is 0.782. The van der Waals surface area contributed by atoms with Crippen LogP contribution in [0.5, 0.6) is 0 Å². The Morgan fingerprint density at radius 1 is 1.71 bits per heavy atom. The first kappa shape index (κ1) is 5.37. The Morgan fingerprint density at radius 3 is 2.86 bits per heavy atom. The normalized spacial score (nSPS) is 29.6. The molecule has 7 heavy (non-hydrogen) atoms. The van der Waals surface area contributed by atoms with Gasteiger partial charge in [-0.2, -0.15) is 0 Å². The number of hydrogen-bond donors (Lipinski definition) is 2. The average Bonchev–Trinajstić information content (AvgIpc) is 1.69. The van der Waals surface area contributed by atoms with E-state index < -0.39 is 0 Å². The molecule has 1 heterocycles. The predicted molar refractivity (Wildman–Crippen MR) is 38.1 cm³/mol. The number of rotatable bonds is 0. The molecule has 0 aliphatic carbocycles. The highest BCUT2D eigenvalue weighted by atomic mass is 127. The van der Waals surface area contributed by atoms with Crippen molar-refractivity contribution in [3.8, 4) is 0 Å². The monoisotopic (exact) mass is 210 g/mol. The summed E-state index contributed by atoms with van der Waals surface area (Å²) in [5.41, 5.74) is 0. The molecule has 1 rings (SSSR count). The van der Waals surface area contributed by atoms with Crippen molar-refractivity contribution in [1.82, 2.24) is 10.6 Å². The standard InChI is InChI=1S/C4H7IN2/c5-4-1-2-6-3-7-4/h1-2,4,6-7H,3H2. The van der Waals surface area contributed by atoms with Gasteiger partial charge in [-0.15, -0.1) is 0 Å². The summed E-state index contributed by atoms with van der Waals surface area (Å²) < 4.78 is 0.513. The van der Waals surface area contributed by atoms with Crippen LogP contribution in [0.15, 0.2) is 12.3 Å². The Labute approximate surface area is 56.5 Å². The summed E-state index contributed by atoms with van der Waals surface area (Å²) in [7, 11) is 0. The van der Waals surface area contributed by atoms with Crippen LogP contribution in [-0.2, 0) is 0 Å². The molecule has 0 fully saturated rings. The molecule has 0 aromatic heterocycles. The van der Waals surface area contributed by atoms with Crippen molar-refractivity contribution >= 4 is 22.6 Å². The molecule has 3 heteroatoms. The van der Waals surface area contributed by atoms with E-state index in [1.54, 1.807) is 0 Å². The second-order valence-corrected chi connectivity index (χ2v) is 2.69. The second kappa shape index (κ2) is 2.52. The van der Waals surface area contributed by atoms with Crippen LogP contribution < -0.4 is 10.6 Å². The van der Waals surface area contributed by atoms with Crippen LogP contribution in [0, 0.1) is 0 Å². The van der Waals surface area contributed by atoms with Crippen LogP contribution in [0.2, 0.25) is 0 Å². The predicted octanol–water partition coefficient (Wildman–Crippen LogP) is 0.412. The summed E-state index contributed by atoms with van der Waals surface area (Å²) in [6.45, 7) is 0.893. The summed E-state index contributed by atoms with van der Waals surface area (Å²) >= 11 is 2.32. The highest BCUT2D eigenvalue weighted by molar-refractivity contribution is 14.1. The van der Waals surface area contributed by atoms with Crippen LogP contribution in [0.4, 0.5) is 0 Å². The van der Waals surface area contributed by atoms with Crippen LogP contribution in [0.25, 0.3) is 0 Å². The van der Waals surface area contributed by atoms with Gasteiger partial charge < -0.3 is 5.32 Å². The molecule has 0 bridgehead atoms. The zero-order chi connectivity index (χ0) is 5.11. The molecule has 0 amide bonds. The maximum atomic E-state index is 3.17. The Balaban J connectivity index is 2.36. The van der Waals surface area contributed by atoms with E-state index in [1.165, 1.54) is 0 Å². The molecular weight excluding hydrogens is 203 g/mol. The molecule has 0 saturated carbocycles. The summed E-state index contributed by atoms with van der Waals surface area (Å²) in [6, 6.07) is 0. The van der Waals surface area contributed by atoms with Crippen LogP contribution in [0.3, 0.4) is 0 Å². The molecule has 0 saturated heterocycles. The van der Waals surface area contributed by atoms with Crippen molar-refractivity contribution < 1.29 is 0 Å². The fourth-order valence-corrected chi connectivity index (χ4v) is 0.864. The van der Waals surface area contributed by atoms with E-state index >= 15 is 0 Å². The average molecular weight is 210 g/mol. The highest BCUT2D eigenvalue weighted by Crippen LogP contribution is 1.97. The van der Waals surface area contributed by atoms with Gasteiger partial charge in [0.2, 0.25) is 0 Å². The fourth-order valence-electron chi connectivity index (χ4n) is 0.436. The molecule has 1 atom stereocenters. The Kier molecular flexibility index (Phi) is 1.93. The van der Waals surface area contributed by atoms with Gasteiger partial charge in [-0.3, -0.25) is 5.32 Å². The minimum absolute atomic E-state index is 0.513. The van der Waals surface area contributed by atoms with Gasteiger partial charge in [0.1, 0.15) is 0 Å². The zero-order valence-electron chi connectivity index (χ0n) is 3.82. The van der Waals surface area contributed by atoms with E-state index in [0.29, 0.717) is 4.05 Å². The molecule has 1 aliphatic heterocycles. The number of alkyl halides is 1. The van der Waals surface area contributed by atoms with Gasteiger partial charge in [-0.05, 0) is 12.3 Å². The number of halogens is 1. The van der Waals surface area contributed by atoms with Crippen LogP contribution in [-0.4, -0.2) is 10.7 Å². The maximum absolute atomic E-state index is 3.17. The molecule has 0 aromatic carbocycles. The van der Waals surface area contributed by atoms with Gasteiger partial charge in [0, 0.05) is 0 Å². The summed E-state index contributed by atoms with van der Waals surface area (Å²) in [5, 5.41) is 6.19. The second-order valence-electron chi connectivity index (χ2n) is 1.35. The third-order valence-corrected chi connectivity index (χ3v) is 1.64. The molecule has 0 aromatic rings. The maximum Gasteiger partial charge on any atom is 0.0809 e. The summed E-state index contributed by atoms with van der Waals surface area (Å²) in [6.07, 6.45) is 4.04. The number of hydrogen-bond acceptors (Lipinski definition) is 2. The van der Waals surface area contributed by atoms with E-state index in [-0.39, 0.29) is 0 Å². The quantitative estimate of drug-likeness (QED) is 0.343. The largest absolute Gasteiger partial charge is 0.379 e. The van der Waals surface area contributed by atoms with E-state index in [9.17, 15) is 0 Å². The van der Waals surface area contributed by atoms with Crippen LogP contribution >= 0.6 is 22.6 Å². The molecule has 1 aliphatic rings. The summed E-state index contributed by atoms with van der Waals surface area (Å²) in [5.74, 6) is 0. The molecule has 2 N–H and O–H groups in total. The Bertz CT molecular complexity index is 81.8. The highest BCUT2D eigenvalue weighted by Gasteiger charge is 1.97. The molecular formula is C4H7IN2. The van der Waals surface area contributed by atoms with Crippen molar-refractivity contribution in [1.29, 1.82) is 0 Å². The first-order valence-electron chi connectivity index (χ1n) is 2.17. The fraction of sp³-hybridized carbons (Fsp3) is 0.500. The van der Waals surface area contributed by atoms with E-state index in [4.69, 9.17) is 0 Å². The minimum Gasteiger partial charge on any atom is -0.379 e. The summed E-state index contributed by atoms with van der Waals surface area (Å²) in [4.78, 5) is 0. The van der Waals surface area contributed by atoms with Crippen molar-refractivity contribution in [2.24, 2.45) is 0 Å². The first-order chi connectivity index (χ1) is 3.39. The lowest BCUT2D eigenvalue weighted by Crippen LogP contribution is -2.34. The van der Waals surface area contributed by atoms with Gasteiger partial charge in [0.15, 0.2) is 0 Å². The lowest BCUT2D eigenvalue weighted by atomic mass is 10.5. The molecule has 1 unspecified atom stereocenters. The van der Waals surface area contributed by atoms with E-state index in [0.717, 1.165) is 6.67 Å². The topological polar surface area (TPSA) is 24.1 Å². The lowest BCUT2D eigenvalue weighted by Gasteiger charge is -2.12. The smallest absolute Gasteiger partial charge is 0.0809 e. The molecule has 40 valence electrons. The first-order valence-corrected chi connectivity index (χ1v) is 3.41. The van der Waals surface area contributed by atoms with E-state index in [1.807, 2.05) is 6.20 Å². The van der Waals surface area contributed by atoms with Gasteiger partial charge in [0.25, 0.3) is 0 Å². The lowest BCUT2D eigenvalue weighted by molar-refractivity contribution is 0.655. The molecule has 0 radical (unpaired) electrons. The Hall–Kier alpha value is 0.230. The molecule has 0 spiro atoms. The van der Waals surface area contributed by atoms with Crippen molar-refractivity contribution in [3.05, 3.63) is 12.3 Å². The van der Waals surface area contributed by atoms with Crippen molar-refractivity contribution in [2.75, 3.05) is 6.67 Å². The van der Waals surface area contributed by atoms with Gasteiger partial charge >= 0.3 is 0 Å². The van der Waals surface area contributed by atoms with Crippen molar-refractivity contribution in [2.45, 2.75) is 4.05 Å². The van der Waals surface area contributed by atoms with Crippen molar-refractivity contribution in [3.63, 3.8) is 0 Å². The van der Waals surface area contributed by atoms with Crippen LogP contribution in [0.1, 0.15) is 0 Å². The van der Waals surface area contributed by atoms with E-state index in [2.05, 4.69) is 39.3 Å². The minimum atomic E-state index is 0.513. The zero-order valence-corrected chi connectivity index (χ0v) is 5.97. The SMILES string of the molecule is IC1C=CNCN1. The van der Waals surface area contributed by atoms with Gasteiger partial charge in [0.05, 0.1) is 10.7 Å². The van der Waals surface area contributed by atoms with Gasteiger partial charge in [-0.25, -0.2) is 0 Å². The van der Waals surface area contributed by atoms with Gasteiger partial charge in [-0.1, -0.05) is 22.6 Å². The number of nitrogens with one attached hydrogen (secondary N) is 2.